The molecule has 0 aromatic carbocycles. The second-order valence-electron chi connectivity index (χ2n) is 3.93. The zero-order valence-corrected chi connectivity index (χ0v) is 9.11. The van der Waals surface area contributed by atoms with Crippen LogP contribution in [0.1, 0.15) is 23.7 Å². The van der Waals surface area contributed by atoms with Crippen molar-refractivity contribution in [1.82, 2.24) is 9.88 Å². The van der Waals surface area contributed by atoms with Gasteiger partial charge in [0.1, 0.15) is 0 Å². The molecule has 0 unspecified atom stereocenters. The predicted octanol–water partition coefficient (Wildman–Crippen LogP) is 2.01. The zero-order valence-electron chi connectivity index (χ0n) is 9.11. The van der Waals surface area contributed by atoms with E-state index in [9.17, 15) is 9.18 Å². The van der Waals surface area contributed by atoms with Gasteiger partial charge < -0.3 is 4.90 Å². The van der Waals surface area contributed by atoms with Gasteiger partial charge in [0.25, 0.3) is 5.91 Å². The van der Waals surface area contributed by atoms with Gasteiger partial charge in [0.15, 0.2) is 0 Å². The lowest BCUT2D eigenvalue weighted by atomic mass is 10.1. The Morgan fingerprint density at radius 2 is 2.38 bits per heavy atom. The van der Waals surface area contributed by atoms with Gasteiger partial charge in [-0.2, -0.15) is 4.39 Å². The third-order valence-electron chi connectivity index (χ3n) is 2.59. The first-order valence-electron chi connectivity index (χ1n) is 5.23. The summed E-state index contributed by atoms with van der Waals surface area (Å²) >= 11 is 0. The van der Waals surface area contributed by atoms with Gasteiger partial charge in [0, 0.05) is 30.9 Å². The maximum absolute atomic E-state index is 12.9. The summed E-state index contributed by atoms with van der Waals surface area (Å²) in [5.41, 5.74) is 1.54. The van der Waals surface area contributed by atoms with E-state index in [-0.39, 0.29) is 5.91 Å². The number of aromatic nitrogens is 1. The first-order chi connectivity index (χ1) is 7.66. The van der Waals surface area contributed by atoms with Gasteiger partial charge in [-0.15, -0.1) is 0 Å². The highest BCUT2D eigenvalue weighted by Crippen LogP contribution is 2.13. The smallest absolute Gasteiger partial charge is 0.254 e. The lowest BCUT2D eigenvalue weighted by molar-refractivity contribution is 0.0765. The Labute approximate surface area is 93.6 Å². The molecule has 4 heteroatoms. The number of amides is 1. The van der Waals surface area contributed by atoms with E-state index < -0.39 is 5.95 Å². The topological polar surface area (TPSA) is 33.2 Å². The van der Waals surface area contributed by atoms with E-state index in [1.807, 2.05) is 6.92 Å². The fourth-order valence-corrected chi connectivity index (χ4v) is 1.80. The summed E-state index contributed by atoms with van der Waals surface area (Å²) in [5.74, 6) is -0.746. The highest BCUT2D eigenvalue weighted by Gasteiger charge is 2.18. The van der Waals surface area contributed by atoms with Crippen molar-refractivity contribution < 1.29 is 9.18 Å². The second kappa shape index (κ2) is 4.43. The molecule has 0 fully saturated rings. The lowest BCUT2D eigenvalue weighted by Gasteiger charge is -2.26. The quantitative estimate of drug-likeness (QED) is 0.536. The molecule has 2 rings (SSSR count). The molecule has 0 aliphatic carbocycles. The molecule has 1 aromatic heterocycles. The predicted molar refractivity (Wildman–Crippen MR) is 58.5 cm³/mol. The summed E-state index contributed by atoms with van der Waals surface area (Å²) in [6, 6.07) is 2.72. The molecule has 16 heavy (non-hydrogen) atoms. The highest BCUT2D eigenvalue weighted by molar-refractivity contribution is 5.94. The van der Waals surface area contributed by atoms with Crippen LogP contribution < -0.4 is 0 Å². The van der Waals surface area contributed by atoms with Crippen molar-refractivity contribution in [2.45, 2.75) is 13.3 Å². The molecule has 0 N–H and O–H groups in total. The van der Waals surface area contributed by atoms with Crippen LogP contribution in [-0.4, -0.2) is 28.9 Å². The van der Waals surface area contributed by atoms with Crippen LogP contribution in [0.15, 0.2) is 30.0 Å². The Kier molecular flexibility index (Phi) is 2.99. The van der Waals surface area contributed by atoms with Crippen molar-refractivity contribution in [2.75, 3.05) is 13.1 Å². The maximum Gasteiger partial charge on any atom is 0.254 e. The number of pyridine rings is 1. The van der Waals surface area contributed by atoms with Gasteiger partial charge >= 0.3 is 0 Å². The van der Waals surface area contributed by atoms with E-state index >= 15 is 0 Å². The van der Waals surface area contributed by atoms with Gasteiger partial charge in [-0.05, 0) is 19.4 Å². The normalized spacial score (nSPS) is 15.9. The van der Waals surface area contributed by atoms with Crippen molar-refractivity contribution in [3.63, 3.8) is 0 Å². The fraction of sp³-hybridized carbons (Fsp3) is 0.333. The number of hydrogen-bond acceptors (Lipinski definition) is 2. The van der Waals surface area contributed by atoms with Crippen LogP contribution >= 0.6 is 0 Å². The Balaban J connectivity index is 2.16. The first kappa shape index (κ1) is 10.8. The molecule has 0 spiro atoms. The van der Waals surface area contributed by atoms with Crippen molar-refractivity contribution in [1.29, 1.82) is 0 Å². The Morgan fingerprint density at radius 1 is 1.56 bits per heavy atom. The lowest BCUT2D eigenvalue weighted by Crippen LogP contribution is -2.35. The number of nitrogens with zero attached hydrogens (tertiary/aromatic N) is 2. The van der Waals surface area contributed by atoms with E-state index in [2.05, 4.69) is 11.1 Å². The molecule has 1 aliphatic rings. The molecular formula is C12H13FN2O. The summed E-state index contributed by atoms with van der Waals surface area (Å²) in [4.78, 5) is 17.2. The van der Waals surface area contributed by atoms with Crippen LogP contribution in [0.3, 0.4) is 0 Å². The van der Waals surface area contributed by atoms with Gasteiger partial charge in [0.2, 0.25) is 5.95 Å². The second-order valence-corrected chi connectivity index (χ2v) is 3.93. The number of carbonyl (C=O) groups excluding carboxylic acids is 1. The first-order valence-corrected chi connectivity index (χ1v) is 5.23. The van der Waals surface area contributed by atoms with Crippen LogP contribution in [0.5, 0.6) is 0 Å². The SMILES string of the molecule is CC1=CCCN(C(=O)c2ccnc(F)c2)C1. The van der Waals surface area contributed by atoms with Gasteiger partial charge in [0.05, 0.1) is 0 Å². The largest absolute Gasteiger partial charge is 0.334 e. The minimum absolute atomic E-state index is 0.131. The van der Waals surface area contributed by atoms with Gasteiger partial charge in [-0.25, -0.2) is 4.98 Å². The van der Waals surface area contributed by atoms with E-state index in [1.165, 1.54) is 17.8 Å². The third-order valence-corrected chi connectivity index (χ3v) is 2.59. The average molecular weight is 220 g/mol. The molecule has 0 radical (unpaired) electrons. The number of hydrogen-bond donors (Lipinski definition) is 0. The number of halogens is 1. The van der Waals surface area contributed by atoms with Crippen LogP contribution in [-0.2, 0) is 0 Å². The summed E-state index contributed by atoms with van der Waals surface area (Å²) in [5, 5.41) is 0. The Hall–Kier alpha value is -1.71. The standard InChI is InChI=1S/C12H13FN2O/c1-9-3-2-6-15(8-9)12(16)10-4-5-14-11(13)7-10/h3-5,7H,2,6,8H2,1H3. The number of carbonyl (C=O) groups is 1. The van der Waals surface area contributed by atoms with Gasteiger partial charge in [-0.1, -0.05) is 11.6 Å². The van der Waals surface area contributed by atoms with E-state index in [0.29, 0.717) is 18.7 Å². The van der Waals surface area contributed by atoms with Crippen molar-refractivity contribution in [3.05, 3.63) is 41.5 Å². The molecule has 84 valence electrons. The summed E-state index contributed by atoms with van der Waals surface area (Å²) in [6.45, 7) is 3.31. The molecule has 0 bridgehead atoms. The van der Waals surface area contributed by atoms with Crippen molar-refractivity contribution in [3.8, 4) is 0 Å². The van der Waals surface area contributed by atoms with E-state index in [1.54, 1.807) is 11.0 Å². The van der Waals surface area contributed by atoms with Crippen LogP contribution in [0.4, 0.5) is 4.39 Å². The zero-order chi connectivity index (χ0) is 11.5. The van der Waals surface area contributed by atoms with Gasteiger partial charge in [-0.3, -0.25) is 4.79 Å². The summed E-state index contributed by atoms with van der Waals surface area (Å²) < 4.78 is 12.9. The summed E-state index contributed by atoms with van der Waals surface area (Å²) in [7, 11) is 0. The van der Waals surface area contributed by atoms with Crippen molar-refractivity contribution >= 4 is 5.91 Å². The molecule has 1 aliphatic heterocycles. The van der Waals surface area contributed by atoms with Crippen molar-refractivity contribution in [2.24, 2.45) is 0 Å². The highest BCUT2D eigenvalue weighted by atomic mass is 19.1. The van der Waals surface area contributed by atoms with E-state index in [4.69, 9.17) is 0 Å². The van der Waals surface area contributed by atoms with Crippen LogP contribution in [0, 0.1) is 5.95 Å². The molecule has 0 saturated carbocycles. The Morgan fingerprint density at radius 3 is 3.06 bits per heavy atom. The maximum atomic E-state index is 12.9. The average Bonchev–Trinajstić information content (AvgIpc) is 2.28. The molecule has 1 amide bonds. The molecule has 2 heterocycles. The molecule has 3 nitrogen and oxygen atoms in total. The Bertz CT molecular complexity index is 442. The molecular weight excluding hydrogens is 207 g/mol. The van der Waals surface area contributed by atoms with Crippen LogP contribution in [0.25, 0.3) is 0 Å². The monoisotopic (exact) mass is 220 g/mol. The summed E-state index contributed by atoms with van der Waals surface area (Å²) in [6.07, 6.45) is 4.30. The minimum atomic E-state index is -0.616. The minimum Gasteiger partial charge on any atom is -0.334 e. The molecule has 1 aromatic rings. The number of rotatable bonds is 1. The molecule has 0 saturated heterocycles. The van der Waals surface area contributed by atoms with E-state index in [0.717, 1.165) is 6.42 Å². The van der Waals surface area contributed by atoms with Crippen LogP contribution in [0.2, 0.25) is 0 Å². The fourth-order valence-electron chi connectivity index (χ4n) is 1.80. The third kappa shape index (κ3) is 2.27. The molecule has 0 atom stereocenters.